The molecule has 0 aromatic rings. The minimum atomic E-state index is 0.416. The van der Waals surface area contributed by atoms with E-state index >= 15 is 0 Å². The molecule has 1 rings (SSSR count). The average Bonchev–Trinajstić information content (AvgIpc) is 2.14. The summed E-state index contributed by atoms with van der Waals surface area (Å²) in [6, 6.07) is 0. The SMILES string of the molecule is C=C1CCC(=O)CC[C@@H]1C(C)C. The van der Waals surface area contributed by atoms with Gasteiger partial charge in [0.1, 0.15) is 5.78 Å². The van der Waals surface area contributed by atoms with E-state index in [4.69, 9.17) is 0 Å². The van der Waals surface area contributed by atoms with Gasteiger partial charge in [-0.2, -0.15) is 0 Å². The number of ketones is 1. The summed E-state index contributed by atoms with van der Waals surface area (Å²) in [6.07, 6.45) is 3.43. The molecule has 0 aliphatic heterocycles. The fraction of sp³-hybridized carbons (Fsp3) is 0.727. The average molecular weight is 166 g/mol. The van der Waals surface area contributed by atoms with Crippen LogP contribution in [0.5, 0.6) is 0 Å². The zero-order chi connectivity index (χ0) is 9.14. The van der Waals surface area contributed by atoms with Gasteiger partial charge in [-0.1, -0.05) is 26.0 Å². The molecule has 0 aromatic carbocycles. The molecule has 0 heterocycles. The van der Waals surface area contributed by atoms with Gasteiger partial charge in [0.25, 0.3) is 0 Å². The Labute approximate surface area is 74.9 Å². The highest BCUT2D eigenvalue weighted by atomic mass is 16.1. The van der Waals surface area contributed by atoms with Crippen LogP contribution >= 0.6 is 0 Å². The van der Waals surface area contributed by atoms with Crippen molar-refractivity contribution in [2.24, 2.45) is 11.8 Å². The molecule has 1 nitrogen and oxygen atoms in total. The predicted molar refractivity (Wildman–Crippen MR) is 50.9 cm³/mol. The first-order valence-corrected chi connectivity index (χ1v) is 4.80. The highest BCUT2D eigenvalue weighted by Crippen LogP contribution is 2.30. The minimum absolute atomic E-state index is 0.416. The number of carbonyl (C=O) groups is 1. The number of hydrogen-bond donors (Lipinski definition) is 0. The van der Waals surface area contributed by atoms with Crippen LogP contribution in [0.15, 0.2) is 12.2 Å². The van der Waals surface area contributed by atoms with Crippen LogP contribution < -0.4 is 0 Å². The van der Waals surface area contributed by atoms with E-state index in [0.29, 0.717) is 17.6 Å². The quantitative estimate of drug-likeness (QED) is 0.432. The van der Waals surface area contributed by atoms with Crippen LogP contribution in [-0.2, 0) is 4.79 Å². The van der Waals surface area contributed by atoms with Gasteiger partial charge in [-0.3, -0.25) is 4.79 Å². The van der Waals surface area contributed by atoms with Crippen molar-refractivity contribution in [2.75, 3.05) is 0 Å². The van der Waals surface area contributed by atoms with E-state index in [9.17, 15) is 4.79 Å². The molecule has 0 N–H and O–H groups in total. The smallest absolute Gasteiger partial charge is 0.133 e. The second kappa shape index (κ2) is 3.88. The van der Waals surface area contributed by atoms with Gasteiger partial charge in [0, 0.05) is 12.8 Å². The lowest BCUT2D eigenvalue weighted by Gasteiger charge is -2.20. The Morgan fingerprint density at radius 1 is 1.33 bits per heavy atom. The van der Waals surface area contributed by atoms with Gasteiger partial charge in [0.05, 0.1) is 0 Å². The maximum atomic E-state index is 11.2. The fourth-order valence-electron chi connectivity index (χ4n) is 1.94. The molecule has 0 unspecified atom stereocenters. The van der Waals surface area contributed by atoms with Crippen molar-refractivity contribution in [3.63, 3.8) is 0 Å². The maximum absolute atomic E-state index is 11.2. The van der Waals surface area contributed by atoms with Gasteiger partial charge in [-0.15, -0.1) is 0 Å². The molecule has 0 radical (unpaired) electrons. The summed E-state index contributed by atoms with van der Waals surface area (Å²) in [5.74, 6) is 1.64. The Kier molecular flexibility index (Phi) is 3.07. The third-order valence-electron chi connectivity index (χ3n) is 2.79. The van der Waals surface area contributed by atoms with Gasteiger partial charge in [-0.05, 0) is 24.7 Å². The van der Waals surface area contributed by atoms with Gasteiger partial charge in [-0.25, -0.2) is 0 Å². The molecule has 0 spiro atoms. The summed E-state index contributed by atoms with van der Waals surface area (Å²) in [5, 5.41) is 0. The highest BCUT2D eigenvalue weighted by Gasteiger charge is 2.21. The summed E-state index contributed by atoms with van der Waals surface area (Å²) in [6.45, 7) is 8.49. The second-order valence-corrected chi connectivity index (χ2v) is 4.09. The Morgan fingerprint density at radius 2 is 2.00 bits per heavy atom. The Morgan fingerprint density at radius 3 is 2.58 bits per heavy atom. The summed E-state index contributed by atoms with van der Waals surface area (Å²) in [5.41, 5.74) is 1.29. The summed E-state index contributed by atoms with van der Waals surface area (Å²) >= 11 is 0. The van der Waals surface area contributed by atoms with E-state index < -0.39 is 0 Å². The van der Waals surface area contributed by atoms with Crippen molar-refractivity contribution in [2.45, 2.75) is 39.5 Å². The molecular weight excluding hydrogens is 148 g/mol. The molecular formula is C11H18O. The number of hydrogen-bond acceptors (Lipinski definition) is 1. The van der Waals surface area contributed by atoms with Gasteiger partial charge in [0.2, 0.25) is 0 Å². The lowest BCUT2D eigenvalue weighted by Crippen LogP contribution is -2.09. The summed E-state index contributed by atoms with van der Waals surface area (Å²) in [4.78, 5) is 11.2. The number of allylic oxidation sites excluding steroid dienone is 1. The normalized spacial score (nSPS) is 26.1. The Balaban J connectivity index is 2.62. The molecule has 68 valence electrons. The summed E-state index contributed by atoms with van der Waals surface area (Å²) < 4.78 is 0. The third kappa shape index (κ3) is 2.20. The first-order valence-electron chi connectivity index (χ1n) is 4.80. The van der Waals surface area contributed by atoms with Crippen molar-refractivity contribution in [1.82, 2.24) is 0 Å². The molecule has 1 fully saturated rings. The fourth-order valence-corrected chi connectivity index (χ4v) is 1.94. The van der Waals surface area contributed by atoms with Crippen LogP contribution in [0.3, 0.4) is 0 Å². The molecule has 1 aliphatic carbocycles. The lowest BCUT2D eigenvalue weighted by atomic mass is 9.85. The van der Waals surface area contributed by atoms with E-state index in [1.165, 1.54) is 5.57 Å². The van der Waals surface area contributed by atoms with Gasteiger partial charge < -0.3 is 0 Å². The molecule has 1 heteroatoms. The van der Waals surface area contributed by atoms with Crippen molar-refractivity contribution < 1.29 is 4.79 Å². The van der Waals surface area contributed by atoms with Gasteiger partial charge >= 0.3 is 0 Å². The van der Waals surface area contributed by atoms with Crippen molar-refractivity contribution in [3.05, 3.63) is 12.2 Å². The number of rotatable bonds is 1. The number of Topliss-reactive ketones (excluding diaryl/α,β-unsaturated/α-hetero) is 1. The van der Waals surface area contributed by atoms with Crippen LogP contribution in [0.2, 0.25) is 0 Å². The zero-order valence-electron chi connectivity index (χ0n) is 8.10. The van der Waals surface area contributed by atoms with Crippen LogP contribution in [-0.4, -0.2) is 5.78 Å². The van der Waals surface area contributed by atoms with E-state index in [-0.39, 0.29) is 0 Å². The monoisotopic (exact) mass is 166 g/mol. The molecule has 1 atom stereocenters. The first kappa shape index (κ1) is 9.50. The van der Waals surface area contributed by atoms with Crippen LogP contribution in [0, 0.1) is 11.8 Å². The molecule has 1 saturated carbocycles. The van der Waals surface area contributed by atoms with E-state index in [2.05, 4.69) is 20.4 Å². The minimum Gasteiger partial charge on any atom is -0.300 e. The maximum Gasteiger partial charge on any atom is 0.133 e. The molecule has 0 aromatic heterocycles. The largest absolute Gasteiger partial charge is 0.300 e. The third-order valence-corrected chi connectivity index (χ3v) is 2.79. The van der Waals surface area contributed by atoms with Gasteiger partial charge in [0.15, 0.2) is 0 Å². The lowest BCUT2D eigenvalue weighted by molar-refractivity contribution is -0.118. The number of carbonyl (C=O) groups excluding carboxylic acids is 1. The predicted octanol–water partition coefficient (Wildman–Crippen LogP) is 2.96. The molecule has 0 saturated heterocycles. The van der Waals surface area contributed by atoms with Crippen LogP contribution in [0.1, 0.15) is 39.5 Å². The van der Waals surface area contributed by atoms with E-state index in [0.717, 1.165) is 25.7 Å². The zero-order valence-corrected chi connectivity index (χ0v) is 8.10. The van der Waals surface area contributed by atoms with Crippen LogP contribution in [0.4, 0.5) is 0 Å². The van der Waals surface area contributed by atoms with Crippen molar-refractivity contribution in [1.29, 1.82) is 0 Å². The van der Waals surface area contributed by atoms with Crippen molar-refractivity contribution >= 4 is 5.78 Å². The second-order valence-electron chi connectivity index (χ2n) is 4.09. The van der Waals surface area contributed by atoms with E-state index in [1.54, 1.807) is 0 Å². The summed E-state index contributed by atoms with van der Waals surface area (Å²) in [7, 11) is 0. The highest BCUT2D eigenvalue weighted by molar-refractivity contribution is 5.79. The first-order chi connectivity index (χ1) is 5.61. The molecule has 0 bridgehead atoms. The van der Waals surface area contributed by atoms with E-state index in [1.807, 2.05) is 0 Å². The Bertz CT molecular complexity index is 191. The molecule has 1 aliphatic rings. The topological polar surface area (TPSA) is 17.1 Å². The van der Waals surface area contributed by atoms with Crippen molar-refractivity contribution in [3.8, 4) is 0 Å². The molecule has 12 heavy (non-hydrogen) atoms. The van der Waals surface area contributed by atoms with Crippen LogP contribution in [0.25, 0.3) is 0 Å². The Hall–Kier alpha value is -0.590. The standard InChI is InChI=1S/C11H18O/c1-8(2)11-7-6-10(12)5-4-9(11)3/h8,11H,3-7H2,1-2H3/t11-/m1/s1. The molecule has 0 amide bonds.